The number of carbonyl (C=O) groups excluding carboxylic acids is 2. The number of nitrogens with zero attached hydrogens (tertiary/aromatic N) is 2. The van der Waals surface area contributed by atoms with Crippen molar-refractivity contribution in [3.8, 4) is 0 Å². The van der Waals surface area contributed by atoms with Gasteiger partial charge in [-0.1, -0.05) is 6.07 Å². The Balaban J connectivity index is 2.62. The Kier molecular flexibility index (Phi) is 5.33. The lowest BCUT2D eigenvalue weighted by Gasteiger charge is -2.05. The summed E-state index contributed by atoms with van der Waals surface area (Å²) in [5.74, 6) is -0.708. The average molecular weight is 278 g/mol. The SMILES string of the molecule is CC(=O)NN=C(C)CC(=O)Nc1cccc([N+](=O)[O-])c1. The van der Waals surface area contributed by atoms with Crippen LogP contribution in [0.2, 0.25) is 0 Å². The van der Waals surface area contributed by atoms with Crippen molar-refractivity contribution in [2.45, 2.75) is 20.3 Å². The first-order chi connectivity index (χ1) is 9.38. The highest BCUT2D eigenvalue weighted by Crippen LogP contribution is 2.17. The lowest BCUT2D eigenvalue weighted by molar-refractivity contribution is -0.384. The van der Waals surface area contributed by atoms with Crippen LogP contribution in [-0.4, -0.2) is 22.4 Å². The number of rotatable bonds is 5. The van der Waals surface area contributed by atoms with Crippen molar-refractivity contribution in [1.82, 2.24) is 5.43 Å². The fourth-order valence-electron chi connectivity index (χ4n) is 1.35. The molecule has 0 aliphatic heterocycles. The zero-order chi connectivity index (χ0) is 15.1. The molecule has 0 saturated carbocycles. The first-order valence-electron chi connectivity index (χ1n) is 5.72. The molecule has 2 N–H and O–H groups in total. The van der Waals surface area contributed by atoms with Gasteiger partial charge in [-0.05, 0) is 13.0 Å². The molecule has 20 heavy (non-hydrogen) atoms. The fourth-order valence-corrected chi connectivity index (χ4v) is 1.35. The Morgan fingerprint density at radius 3 is 2.65 bits per heavy atom. The monoisotopic (exact) mass is 278 g/mol. The maximum Gasteiger partial charge on any atom is 0.271 e. The molecule has 0 aliphatic carbocycles. The Labute approximate surface area is 115 Å². The Morgan fingerprint density at radius 2 is 2.05 bits per heavy atom. The lowest BCUT2D eigenvalue weighted by Crippen LogP contribution is -2.19. The van der Waals surface area contributed by atoms with E-state index in [1.54, 1.807) is 13.0 Å². The van der Waals surface area contributed by atoms with Gasteiger partial charge in [-0.25, -0.2) is 5.43 Å². The average Bonchev–Trinajstić information content (AvgIpc) is 2.36. The number of non-ortho nitro benzene ring substituents is 1. The minimum Gasteiger partial charge on any atom is -0.326 e. The molecule has 1 aromatic rings. The van der Waals surface area contributed by atoms with Crippen LogP contribution in [0.1, 0.15) is 20.3 Å². The molecule has 0 radical (unpaired) electrons. The van der Waals surface area contributed by atoms with E-state index in [-0.39, 0.29) is 23.9 Å². The summed E-state index contributed by atoms with van der Waals surface area (Å²) >= 11 is 0. The van der Waals surface area contributed by atoms with Gasteiger partial charge in [0.2, 0.25) is 11.8 Å². The predicted octanol–water partition coefficient (Wildman–Crippen LogP) is 1.44. The van der Waals surface area contributed by atoms with E-state index in [0.717, 1.165) is 0 Å². The second-order valence-corrected chi connectivity index (χ2v) is 4.05. The highest BCUT2D eigenvalue weighted by Gasteiger charge is 2.09. The van der Waals surface area contributed by atoms with E-state index in [4.69, 9.17) is 0 Å². The molecular weight excluding hydrogens is 264 g/mol. The van der Waals surface area contributed by atoms with E-state index < -0.39 is 4.92 Å². The smallest absolute Gasteiger partial charge is 0.271 e. The van der Waals surface area contributed by atoms with Crippen LogP contribution in [0, 0.1) is 10.1 Å². The van der Waals surface area contributed by atoms with Crippen LogP contribution in [0.25, 0.3) is 0 Å². The molecule has 0 unspecified atom stereocenters. The summed E-state index contributed by atoms with van der Waals surface area (Å²) in [6.45, 7) is 2.89. The van der Waals surface area contributed by atoms with E-state index in [1.165, 1.54) is 25.1 Å². The molecule has 0 fully saturated rings. The maximum atomic E-state index is 11.7. The molecule has 1 aromatic carbocycles. The van der Waals surface area contributed by atoms with Crippen LogP contribution in [-0.2, 0) is 9.59 Å². The summed E-state index contributed by atoms with van der Waals surface area (Å²) < 4.78 is 0. The topological polar surface area (TPSA) is 114 Å². The predicted molar refractivity (Wildman–Crippen MR) is 73.3 cm³/mol. The largest absolute Gasteiger partial charge is 0.326 e. The van der Waals surface area contributed by atoms with E-state index >= 15 is 0 Å². The van der Waals surface area contributed by atoms with Crippen LogP contribution in [0.15, 0.2) is 29.4 Å². The van der Waals surface area contributed by atoms with Crippen molar-refractivity contribution in [1.29, 1.82) is 0 Å². The number of hydrogen-bond donors (Lipinski definition) is 2. The summed E-state index contributed by atoms with van der Waals surface area (Å²) in [5, 5.41) is 16.8. The third kappa shape index (κ3) is 5.25. The zero-order valence-electron chi connectivity index (χ0n) is 11.0. The normalized spacial score (nSPS) is 10.8. The number of hydrazone groups is 1. The number of nitro groups is 1. The van der Waals surface area contributed by atoms with E-state index in [9.17, 15) is 19.7 Å². The third-order valence-corrected chi connectivity index (χ3v) is 2.16. The van der Waals surface area contributed by atoms with Gasteiger partial charge in [0, 0.05) is 30.5 Å². The van der Waals surface area contributed by atoms with Gasteiger partial charge in [-0.15, -0.1) is 0 Å². The number of hydrogen-bond acceptors (Lipinski definition) is 5. The Morgan fingerprint density at radius 1 is 1.35 bits per heavy atom. The molecule has 8 nitrogen and oxygen atoms in total. The molecule has 0 aromatic heterocycles. The number of anilines is 1. The number of amides is 2. The zero-order valence-corrected chi connectivity index (χ0v) is 11.0. The molecule has 0 spiro atoms. The maximum absolute atomic E-state index is 11.7. The minimum atomic E-state index is -0.543. The second kappa shape index (κ2) is 6.98. The van der Waals surface area contributed by atoms with Crippen molar-refractivity contribution in [3.63, 3.8) is 0 Å². The van der Waals surface area contributed by atoms with Gasteiger partial charge in [0.05, 0.1) is 11.3 Å². The van der Waals surface area contributed by atoms with E-state index in [0.29, 0.717) is 11.4 Å². The van der Waals surface area contributed by atoms with Crippen LogP contribution >= 0.6 is 0 Å². The van der Waals surface area contributed by atoms with Crippen LogP contribution in [0.3, 0.4) is 0 Å². The van der Waals surface area contributed by atoms with Crippen molar-refractivity contribution in [2.75, 3.05) is 5.32 Å². The molecule has 0 saturated heterocycles. The first kappa shape index (κ1) is 15.3. The van der Waals surface area contributed by atoms with Crippen molar-refractivity contribution >= 4 is 28.9 Å². The number of nitro benzene ring substituents is 1. The summed E-state index contributed by atoms with van der Waals surface area (Å²) in [5.41, 5.74) is 2.86. The number of nitrogens with one attached hydrogen (secondary N) is 2. The van der Waals surface area contributed by atoms with Gasteiger partial charge in [0.25, 0.3) is 5.69 Å². The molecule has 1 rings (SSSR count). The number of carbonyl (C=O) groups is 2. The van der Waals surface area contributed by atoms with Gasteiger partial charge in [0.15, 0.2) is 0 Å². The Hall–Kier alpha value is -2.77. The van der Waals surface area contributed by atoms with Crippen molar-refractivity contribution < 1.29 is 14.5 Å². The molecule has 0 heterocycles. The molecule has 106 valence electrons. The van der Waals surface area contributed by atoms with Gasteiger partial charge in [-0.2, -0.15) is 5.10 Å². The summed E-state index contributed by atoms with van der Waals surface area (Å²) in [4.78, 5) is 32.4. The highest BCUT2D eigenvalue weighted by atomic mass is 16.6. The summed E-state index contributed by atoms with van der Waals surface area (Å²) in [6.07, 6.45) is -0.0248. The van der Waals surface area contributed by atoms with Crippen LogP contribution in [0.4, 0.5) is 11.4 Å². The van der Waals surface area contributed by atoms with Gasteiger partial charge < -0.3 is 5.32 Å². The quantitative estimate of drug-likeness (QED) is 0.481. The molecule has 0 aliphatic rings. The van der Waals surface area contributed by atoms with E-state index in [1.807, 2.05) is 0 Å². The van der Waals surface area contributed by atoms with Gasteiger partial charge >= 0.3 is 0 Å². The third-order valence-electron chi connectivity index (χ3n) is 2.16. The lowest BCUT2D eigenvalue weighted by atomic mass is 10.2. The Bertz CT molecular complexity index is 568. The van der Waals surface area contributed by atoms with Crippen LogP contribution in [0.5, 0.6) is 0 Å². The van der Waals surface area contributed by atoms with Crippen molar-refractivity contribution in [3.05, 3.63) is 34.4 Å². The number of benzene rings is 1. The molecule has 2 amide bonds. The van der Waals surface area contributed by atoms with Crippen LogP contribution < -0.4 is 10.7 Å². The van der Waals surface area contributed by atoms with Crippen molar-refractivity contribution in [2.24, 2.45) is 5.10 Å². The summed E-state index contributed by atoms with van der Waals surface area (Å²) in [6, 6.07) is 5.62. The second-order valence-electron chi connectivity index (χ2n) is 4.05. The van der Waals surface area contributed by atoms with Gasteiger partial charge in [0.1, 0.15) is 0 Å². The van der Waals surface area contributed by atoms with Gasteiger partial charge in [-0.3, -0.25) is 19.7 Å². The summed E-state index contributed by atoms with van der Waals surface area (Å²) in [7, 11) is 0. The molecule has 0 atom stereocenters. The fraction of sp³-hybridized carbons (Fsp3) is 0.250. The molecular formula is C12H14N4O4. The van der Waals surface area contributed by atoms with E-state index in [2.05, 4.69) is 15.8 Å². The standard InChI is InChI=1S/C12H14N4O4/c1-8(14-15-9(2)17)6-12(18)13-10-4-3-5-11(7-10)16(19)20/h3-5,7H,6H2,1-2H3,(H,13,18)(H,15,17). The molecule has 0 bridgehead atoms. The molecule has 8 heteroatoms. The highest BCUT2D eigenvalue weighted by molar-refractivity contribution is 6.05. The first-order valence-corrected chi connectivity index (χ1v) is 5.72. The minimum absolute atomic E-state index is 0.0248.